The predicted octanol–water partition coefficient (Wildman–Crippen LogP) is 1.65. The lowest BCUT2D eigenvalue weighted by molar-refractivity contribution is 0.197. The van der Waals surface area contributed by atoms with E-state index in [0.717, 1.165) is 29.9 Å². The second kappa shape index (κ2) is 4.33. The molecular weight excluding hydrogens is 164 g/mol. The van der Waals surface area contributed by atoms with E-state index in [9.17, 15) is 5.11 Å². The first-order valence-corrected chi connectivity index (χ1v) is 4.71. The van der Waals surface area contributed by atoms with E-state index in [0.29, 0.717) is 0 Å². The van der Waals surface area contributed by atoms with Gasteiger partial charge in [-0.25, -0.2) is 9.97 Å². The Kier molecular flexibility index (Phi) is 3.37. The van der Waals surface area contributed by atoms with Gasteiger partial charge in [0.05, 0.1) is 6.10 Å². The topological polar surface area (TPSA) is 46.0 Å². The minimum atomic E-state index is -0.471. The first-order chi connectivity index (χ1) is 6.19. The molecule has 0 bridgehead atoms. The number of aliphatic hydroxyl groups excluding tert-OH is 1. The molecule has 0 saturated heterocycles. The molecule has 0 aliphatic rings. The van der Waals surface area contributed by atoms with Gasteiger partial charge in [-0.1, -0.05) is 13.8 Å². The third-order valence-electron chi connectivity index (χ3n) is 2.05. The minimum absolute atomic E-state index is 0.471. The molecule has 1 aromatic rings. The van der Waals surface area contributed by atoms with Crippen molar-refractivity contribution in [2.45, 2.75) is 39.7 Å². The summed E-state index contributed by atoms with van der Waals surface area (Å²) in [6.45, 7) is 5.80. The fourth-order valence-electron chi connectivity index (χ4n) is 1.27. The molecule has 0 aliphatic heterocycles. The number of rotatable bonds is 3. The summed E-state index contributed by atoms with van der Waals surface area (Å²) in [5.74, 6) is 0.848. The molecule has 1 unspecified atom stereocenters. The summed E-state index contributed by atoms with van der Waals surface area (Å²) in [7, 11) is 0. The highest BCUT2D eigenvalue weighted by atomic mass is 16.3. The van der Waals surface area contributed by atoms with Gasteiger partial charge in [-0.15, -0.1) is 0 Å². The van der Waals surface area contributed by atoms with Gasteiger partial charge in [0.25, 0.3) is 0 Å². The molecule has 0 spiro atoms. The summed E-state index contributed by atoms with van der Waals surface area (Å²) in [6, 6.07) is 0. The quantitative estimate of drug-likeness (QED) is 0.769. The lowest BCUT2D eigenvalue weighted by Crippen LogP contribution is -2.05. The number of nitrogens with zero attached hydrogens (tertiary/aromatic N) is 2. The van der Waals surface area contributed by atoms with Crippen molar-refractivity contribution < 1.29 is 5.11 Å². The van der Waals surface area contributed by atoms with Crippen molar-refractivity contribution in [1.82, 2.24) is 9.97 Å². The highest BCUT2D eigenvalue weighted by Gasteiger charge is 2.08. The van der Waals surface area contributed by atoms with Gasteiger partial charge in [-0.05, 0) is 13.3 Å². The zero-order chi connectivity index (χ0) is 9.84. The maximum absolute atomic E-state index is 9.42. The molecule has 0 fully saturated rings. The zero-order valence-electron chi connectivity index (χ0n) is 8.41. The summed E-state index contributed by atoms with van der Waals surface area (Å²) < 4.78 is 0. The molecule has 1 heterocycles. The van der Waals surface area contributed by atoms with E-state index in [4.69, 9.17) is 0 Å². The predicted molar refractivity (Wildman–Crippen MR) is 51.4 cm³/mol. The summed E-state index contributed by atoms with van der Waals surface area (Å²) >= 11 is 0. The van der Waals surface area contributed by atoms with Crippen LogP contribution in [0.3, 0.4) is 0 Å². The fraction of sp³-hybridized carbons (Fsp3) is 0.600. The average molecular weight is 180 g/mol. The van der Waals surface area contributed by atoms with Gasteiger partial charge in [0.2, 0.25) is 0 Å². The van der Waals surface area contributed by atoms with E-state index >= 15 is 0 Å². The molecule has 72 valence electrons. The van der Waals surface area contributed by atoms with Gasteiger partial charge >= 0.3 is 0 Å². The molecule has 1 aromatic heterocycles. The van der Waals surface area contributed by atoms with E-state index < -0.39 is 6.10 Å². The van der Waals surface area contributed by atoms with E-state index in [1.54, 1.807) is 13.1 Å². The average Bonchev–Trinajstić information content (AvgIpc) is 2.16. The molecule has 0 aliphatic carbocycles. The summed E-state index contributed by atoms with van der Waals surface area (Å²) in [5, 5.41) is 9.42. The van der Waals surface area contributed by atoms with Gasteiger partial charge in [0, 0.05) is 23.9 Å². The Bertz CT molecular complexity index is 284. The zero-order valence-corrected chi connectivity index (χ0v) is 8.41. The summed E-state index contributed by atoms with van der Waals surface area (Å²) in [5.41, 5.74) is 1.81. The lowest BCUT2D eigenvalue weighted by atomic mass is 10.1. The van der Waals surface area contributed by atoms with Gasteiger partial charge in [-0.3, -0.25) is 0 Å². The van der Waals surface area contributed by atoms with Crippen LogP contribution in [0, 0.1) is 0 Å². The molecule has 3 heteroatoms. The number of hydrogen-bond acceptors (Lipinski definition) is 3. The Morgan fingerprint density at radius 3 is 2.54 bits per heavy atom. The van der Waals surface area contributed by atoms with Crippen LogP contribution in [0.25, 0.3) is 0 Å². The fourth-order valence-corrected chi connectivity index (χ4v) is 1.27. The van der Waals surface area contributed by atoms with Crippen molar-refractivity contribution in [2.75, 3.05) is 0 Å². The molecule has 1 rings (SSSR count). The smallest absolute Gasteiger partial charge is 0.128 e. The third kappa shape index (κ3) is 2.25. The molecule has 0 saturated carbocycles. The van der Waals surface area contributed by atoms with Crippen molar-refractivity contribution in [3.63, 3.8) is 0 Å². The van der Waals surface area contributed by atoms with E-state index in [2.05, 4.69) is 9.97 Å². The highest BCUT2D eigenvalue weighted by Crippen LogP contribution is 2.15. The van der Waals surface area contributed by atoms with Crippen LogP contribution in [-0.4, -0.2) is 15.1 Å². The Balaban J connectivity index is 3.08. The Morgan fingerprint density at radius 1 is 1.38 bits per heavy atom. The molecule has 3 nitrogen and oxygen atoms in total. The summed E-state index contributed by atoms with van der Waals surface area (Å²) in [4.78, 5) is 8.52. The molecule has 13 heavy (non-hydrogen) atoms. The monoisotopic (exact) mass is 180 g/mol. The van der Waals surface area contributed by atoms with Crippen LogP contribution in [0.5, 0.6) is 0 Å². The Labute approximate surface area is 78.9 Å². The first-order valence-electron chi connectivity index (χ1n) is 4.71. The number of hydrogen-bond donors (Lipinski definition) is 1. The Hall–Kier alpha value is -0.960. The van der Waals surface area contributed by atoms with Crippen LogP contribution in [0.1, 0.15) is 44.0 Å². The number of aromatic nitrogens is 2. The van der Waals surface area contributed by atoms with Crippen molar-refractivity contribution in [1.29, 1.82) is 0 Å². The maximum atomic E-state index is 9.42. The highest BCUT2D eigenvalue weighted by molar-refractivity contribution is 5.19. The molecule has 1 N–H and O–H groups in total. The SMILES string of the molecule is CCc1ncc(C(C)O)c(CC)n1. The van der Waals surface area contributed by atoms with Gasteiger partial charge in [0.1, 0.15) is 5.82 Å². The van der Waals surface area contributed by atoms with Gasteiger partial charge in [-0.2, -0.15) is 0 Å². The normalized spacial score (nSPS) is 12.9. The van der Waals surface area contributed by atoms with Crippen LogP contribution in [0.2, 0.25) is 0 Å². The van der Waals surface area contributed by atoms with Crippen molar-refractivity contribution >= 4 is 0 Å². The van der Waals surface area contributed by atoms with E-state index in [-0.39, 0.29) is 0 Å². The first kappa shape index (κ1) is 10.1. The molecular formula is C10H16N2O. The van der Waals surface area contributed by atoms with Crippen molar-refractivity contribution in [2.24, 2.45) is 0 Å². The number of aliphatic hydroxyl groups is 1. The molecule has 1 atom stereocenters. The van der Waals surface area contributed by atoms with Crippen LogP contribution in [0.15, 0.2) is 6.20 Å². The van der Waals surface area contributed by atoms with Crippen LogP contribution >= 0.6 is 0 Å². The van der Waals surface area contributed by atoms with Gasteiger partial charge in [0.15, 0.2) is 0 Å². The van der Waals surface area contributed by atoms with Gasteiger partial charge < -0.3 is 5.11 Å². The largest absolute Gasteiger partial charge is 0.389 e. The lowest BCUT2D eigenvalue weighted by Gasteiger charge is -2.09. The maximum Gasteiger partial charge on any atom is 0.128 e. The second-order valence-corrected chi connectivity index (χ2v) is 3.07. The molecule has 0 aromatic carbocycles. The molecule has 0 radical (unpaired) electrons. The third-order valence-corrected chi connectivity index (χ3v) is 2.05. The standard InChI is InChI=1S/C10H16N2O/c1-4-9-8(7(3)13)6-11-10(5-2)12-9/h6-7,13H,4-5H2,1-3H3. The van der Waals surface area contributed by atoms with Crippen LogP contribution < -0.4 is 0 Å². The van der Waals surface area contributed by atoms with Crippen LogP contribution in [-0.2, 0) is 12.8 Å². The van der Waals surface area contributed by atoms with E-state index in [1.165, 1.54) is 0 Å². The van der Waals surface area contributed by atoms with Crippen LogP contribution in [0.4, 0.5) is 0 Å². The second-order valence-electron chi connectivity index (χ2n) is 3.07. The molecule has 0 amide bonds. The number of aryl methyl sites for hydroxylation is 2. The van der Waals surface area contributed by atoms with Crippen molar-refractivity contribution in [3.8, 4) is 0 Å². The minimum Gasteiger partial charge on any atom is -0.389 e. The van der Waals surface area contributed by atoms with E-state index in [1.807, 2.05) is 13.8 Å². The summed E-state index contributed by atoms with van der Waals surface area (Å²) in [6.07, 6.45) is 2.94. The van der Waals surface area contributed by atoms with Crippen molar-refractivity contribution in [3.05, 3.63) is 23.3 Å². The Morgan fingerprint density at radius 2 is 2.08 bits per heavy atom.